The minimum Gasteiger partial charge on any atom is -0.389 e. The van der Waals surface area contributed by atoms with E-state index in [-0.39, 0.29) is 19.0 Å². The van der Waals surface area contributed by atoms with Crippen molar-refractivity contribution in [2.45, 2.75) is 31.6 Å². The Hall–Kier alpha value is -1.01. The standard InChI is InChI=1S/C17H27FN2O2/c1-19-9-7-15(8-10-19)20(2)11-16(21)13-22-12-14-5-3-4-6-17(14)18/h3-6,15-16,21H,7-13H2,1-2H3/t16-/m0/s1. The third kappa shape index (κ3) is 5.32. The molecule has 0 unspecified atom stereocenters. The molecule has 0 aromatic heterocycles. The van der Waals surface area contributed by atoms with Crippen molar-refractivity contribution in [3.05, 3.63) is 35.6 Å². The molecule has 0 saturated carbocycles. The minimum atomic E-state index is -0.545. The zero-order valence-corrected chi connectivity index (χ0v) is 13.5. The highest BCUT2D eigenvalue weighted by atomic mass is 19.1. The number of ether oxygens (including phenoxy) is 1. The van der Waals surface area contributed by atoms with Gasteiger partial charge in [-0.2, -0.15) is 0 Å². The molecule has 1 atom stereocenters. The Bertz CT molecular complexity index is 450. The van der Waals surface area contributed by atoms with Crippen LogP contribution in [-0.4, -0.2) is 67.4 Å². The normalized spacial score (nSPS) is 18.8. The summed E-state index contributed by atoms with van der Waals surface area (Å²) in [6.45, 7) is 3.22. The molecular weight excluding hydrogens is 283 g/mol. The SMILES string of the molecule is CN1CCC(N(C)C[C@H](O)COCc2ccccc2F)CC1. The molecule has 124 valence electrons. The summed E-state index contributed by atoms with van der Waals surface area (Å²) in [5, 5.41) is 10.1. The van der Waals surface area contributed by atoms with E-state index >= 15 is 0 Å². The number of likely N-dealkylation sites (N-methyl/N-ethyl adjacent to an activating group) is 1. The van der Waals surface area contributed by atoms with Crippen LogP contribution in [0.1, 0.15) is 18.4 Å². The highest BCUT2D eigenvalue weighted by molar-refractivity contribution is 5.16. The highest BCUT2D eigenvalue weighted by Gasteiger charge is 2.22. The summed E-state index contributed by atoms with van der Waals surface area (Å²) in [6, 6.07) is 7.09. The molecule has 1 aliphatic heterocycles. The molecule has 0 bridgehead atoms. The van der Waals surface area contributed by atoms with Crippen molar-refractivity contribution in [3.8, 4) is 0 Å². The first kappa shape index (κ1) is 17.3. The van der Waals surface area contributed by atoms with Crippen LogP contribution in [0.4, 0.5) is 4.39 Å². The second-order valence-electron chi connectivity index (χ2n) is 6.23. The fraction of sp³-hybridized carbons (Fsp3) is 0.647. The molecule has 22 heavy (non-hydrogen) atoms. The van der Waals surface area contributed by atoms with Gasteiger partial charge in [-0.05, 0) is 46.1 Å². The number of rotatable bonds is 7. The lowest BCUT2D eigenvalue weighted by molar-refractivity contribution is 0.00216. The zero-order valence-electron chi connectivity index (χ0n) is 13.5. The molecule has 1 N–H and O–H groups in total. The Kier molecular flexibility index (Phi) is 6.76. The van der Waals surface area contributed by atoms with Crippen LogP contribution >= 0.6 is 0 Å². The van der Waals surface area contributed by atoms with Crippen LogP contribution in [0.2, 0.25) is 0 Å². The summed E-state index contributed by atoms with van der Waals surface area (Å²) < 4.78 is 18.9. The van der Waals surface area contributed by atoms with Gasteiger partial charge in [0.25, 0.3) is 0 Å². The van der Waals surface area contributed by atoms with Crippen LogP contribution in [0.3, 0.4) is 0 Å². The van der Waals surface area contributed by atoms with Crippen molar-refractivity contribution in [1.82, 2.24) is 9.80 Å². The van der Waals surface area contributed by atoms with Crippen LogP contribution in [0.5, 0.6) is 0 Å². The van der Waals surface area contributed by atoms with E-state index in [1.54, 1.807) is 18.2 Å². The van der Waals surface area contributed by atoms with Gasteiger partial charge in [-0.1, -0.05) is 18.2 Å². The maximum atomic E-state index is 13.4. The molecule has 1 saturated heterocycles. The number of nitrogens with zero attached hydrogens (tertiary/aromatic N) is 2. The molecule has 2 rings (SSSR count). The maximum absolute atomic E-state index is 13.4. The van der Waals surface area contributed by atoms with E-state index in [1.165, 1.54) is 6.07 Å². The average Bonchev–Trinajstić information content (AvgIpc) is 2.50. The van der Waals surface area contributed by atoms with Gasteiger partial charge in [-0.3, -0.25) is 0 Å². The Morgan fingerprint density at radius 1 is 1.36 bits per heavy atom. The van der Waals surface area contributed by atoms with E-state index in [1.807, 2.05) is 0 Å². The van der Waals surface area contributed by atoms with Gasteiger partial charge in [0, 0.05) is 18.2 Å². The van der Waals surface area contributed by atoms with Crippen molar-refractivity contribution < 1.29 is 14.2 Å². The largest absolute Gasteiger partial charge is 0.389 e. The number of aliphatic hydroxyl groups excluding tert-OH is 1. The monoisotopic (exact) mass is 310 g/mol. The quantitative estimate of drug-likeness (QED) is 0.832. The first-order chi connectivity index (χ1) is 10.6. The van der Waals surface area contributed by atoms with Crippen molar-refractivity contribution >= 4 is 0 Å². The summed E-state index contributed by atoms with van der Waals surface area (Å²) in [4.78, 5) is 4.54. The molecule has 0 radical (unpaired) electrons. The lowest BCUT2D eigenvalue weighted by Gasteiger charge is -2.35. The minimum absolute atomic E-state index is 0.196. The first-order valence-electron chi connectivity index (χ1n) is 7.94. The Balaban J connectivity index is 1.67. The van der Waals surface area contributed by atoms with Crippen molar-refractivity contribution in [3.63, 3.8) is 0 Å². The third-order valence-corrected chi connectivity index (χ3v) is 4.34. The summed E-state index contributed by atoms with van der Waals surface area (Å²) in [6.07, 6.45) is 1.72. The lowest BCUT2D eigenvalue weighted by atomic mass is 10.0. The smallest absolute Gasteiger partial charge is 0.128 e. The third-order valence-electron chi connectivity index (χ3n) is 4.34. The van der Waals surface area contributed by atoms with Crippen molar-refractivity contribution in [2.75, 3.05) is 40.3 Å². The van der Waals surface area contributed by atoms with Crippen LogP contribution in [-0.2, 0) is 11.3 Å². The zero-order chi connectivity index (χ0) is 15.9. The van der Waals surface area contributed by atoms with Gasteiger partial charge in [-0.25, -0.2) is 4.39 Å². The van der Waals surface area contributed by atoms with Gasteiger partial charge in [0.1, 0.15) is 5.82 Å². The lowest BCUT2D eigenvalue weighted by Crippen LogP contribution is -2.45. The van der Waals surface area contributed by atoms with E-state index in [4.69, 9.17) is 4.74 Å². The average molecular weight is 310 g/mol. The molecule has 1 heterocycles. The van der Waals surface area contributed by atoms with Gasteiger partial charge in [0.2, 0.25) is 0 Å². The van der Waals surface area contributed by atoms with Crippen LogP contribution in [0.25, 0.3) is 0 Å². The summed E-state index contributed by atoms with van der Waals surface area (Å²) in [7, 11) is 4.19. The van der Waals surface area contributed by atoms with Crippen LogP contribution in [0, 0.1) is 5.82 Å². The first-order valence-corrected chi connectivity index (χ1v) is 7.94. The molecule has 0 spiro atoms. The molecule has 1 aliphatic rings. The molecule has 1 aromatic carbocycles. The fourth-order valence-electron chi connectivity index (χ4n) is 2.89. The fourth-order valence-corrected chi connectivity index (χ4v) is 2.89. The number of hydrogen-bond donors (Lipinski definition) is 1. The molecular formula is C17H27FN2O2. The van der Waals surface area contributed by atoms with E-state index in [0.717, 1.165) is 25.9 Å². The number of aliphatic hydroxyl groups is 1. The molecule has 4 nitrogen and oxygen atoms in total. The van der Waals surface area contributed by atoms with E-state index < -0.39 is 6.10 Å². The van der Waals surface area contributed by atoms with Gasteiger partial charge >= 0.3 is 0 Å². The number of benzene rings is 1. The van der Waals surface area contributed by atoms with E-state index in [0.29, 0.717) is 18.2 Å². The van der Waals surface area contributed by atoms with Gasteiger partial charge in [-0.15, -0.1) is 0 Å². The Morgan fingerprint density at radius 3 is 2.73 bits per heavy atom. The molecule has 0 aliphatic carbocycles. The van der Waals surface area contributed by atoms with Gasteiger partial charge in [0.05, 0.1) is 19.3 Å². The maximum Gasteiger partial charge on any atom is 0.128 e. The Morgan fingerprint density at radius 2 is 2.05 bits per heavy atom. The molecule has 1 aromatic rings. The van der Waals surface area contributed by atoms with Gasteiger partial charge < -0.3 is 19.6 Å². The van der Waals surface area contributed by atoms with E-state index in [2.05, 4.69) is 23.9 Å². The predicted molar refractivity (Wildman–Crippen MR) is 85.2 cm³/mol. The second kappa shape index (κ2) is 8.58. The summed E-state index contributed by atoms with van der Waals surface area (Å²) in [5.41, 5.74) is 0.526. The second-order valence-corrected chi connectivity index (χ2v) is 6.23. The predicted octanol–water partition coefficient (Wildman–Crippen LogP) is 1.73. The van der Waals surface area contributed by atoms with Crippen molar-refractivity contribution in [1.29, 1.82) is 0 Å². The number of halogens is 1. The summed E-state index contributed by atoms with van der Waals surface area (Å²) in [5.74, 6) is -0.263. The van der Waals surface area contributed by atoms with Gasteiger partial charge in [0.15, 0.2) is 0 Å². The van der Waals surface area contributed by atoms with Crippen LogP contribution < -0.4 is 0 Å². The van der Waals surface area contributed by atoms with Crippen LogP contribution in [0.15, 0.2) is 24.3 Å². The highest BCUT2D eigenvalue weighted by Crippen LogP contribution is 2.14. The topological polar surface area (TPSA) is 35.9 Å². The van der Waals surface area contributed by atoms with Crippen molar-refractivity contribution in [2.24, 2.45) is 0 Å². The molecule has 0 amide bonds. The number of likely N-dealkylation sites (tertiary alicyclic amines) is 1. The summed E-state index contributed by atoms with van der Waals surface area (Å²) >= 11 is 0. The van der Waals surface area contributed by atoms with E-state index in [9.17, 15) is 9.50 Å². The number of piperidine rings is 1. The Labute approximate surface area is 132 Å². The molecule has 1 fully saturated rings. The molecule has 5 heteroatoms. The number of hydrogen-bond acceptors (Lipinski definition) is 4.